The first-order valence-electron chi connectivity index (χ1n) is 7.51. The summed E-state index contributed by atoms with van der Waals surface area (Å²) in [6, 6.07) is -0.612. The number of anilines is 1. The summed E-state index contributed by atoms with van der Waals surface area (Å²) in [4.78, 5) is 12.6. The van der Waals surface area contributed by atoms with Crippen molar-refractivity contribution >= 4 is 17.0 Å². The van der Waals surface area contributed by atoms with E-state index in [0.29, 0.717) is 23.4 Å². The molecule has 0 radical (unpaired) electrons. The molecule has 124 valence electrons. The van der Waals surface area contributed by atoms with Gasteiger partial charge in [-0.1, -0.05) is 0 Å². The summed E-state index contributed by atoms with van der Waals surface area (Å²) in [7, 11) is 1.72. The number of aliphatic hydroxyl groups is 4. The van der Waals surface area contributed by atoms with E-state index in [2.05, 4.69) is 20.3 Å². The smallest absolute Gasteiger partial charge is 0.165 e. The maximum Gasteiger partial charge on any atom is 0.165 e. The van der Waals surface area contributed by atoms with Crippen LogP contribution in [0.5, 0.6) is 0 Å². The van der Waals surface area contributed by atoms with E-state index in [-0.39, 0.29) is 12.5 Å². The minimum atomic E-state index is -1.75. The maximum atomic E-state index is 10.9. The van der Waals surface area contributed by atoms with Crippen LogP contribution in [0.15, 0.2) is 12.7 Å². The molecule has 0 spiro atoms. The van der Waals surface area contributed by atoms with Gasteiger partial charge in [-0.15, -0.1) is 0 Å². The first-order chi connectivity index (χ1) is 11.0. The van der Waals surface area contributed by atoms with Crippen LogP contribution in [-0.4, -0.2) is 71.9 Å². The topological polar surface area (TPSA) is 137 Å². The Balaban J connectivity index is 1.87. The van der Waals surface area contributed by atoms with Crippen molar-refractivity contribution < 1.29 is 20.4 Å². The van der Waals surface area contributed by atoms with Gasteiger partial charge in [0.25, 0.3) is 0 Å². The van der Waals surface area contributed by atoms with Crippen molar-refractivity contribution in [2.75, 3.05) is 25.6 Å². The van der Waals surface area contributed by atoms with E-state index in [1.807, 2.05) is 0 Å². The molecular weight excluding hydrogens is 302 g/mol. The number of rotatable bonds is 4. The molecule has 0 aliphatic heterocycles. The zero-order valence-corrected chi connectivity index (χ0v) is 12.6. The lowest BCUT2D eigenvalue weighted by atomic mass is 9.88. The fraction of sp³-hybridized carbons (Fsp3) is 0.643. The Morgan fingerprint density at radius 1 is 1.30 bits per heavy atom. The molecule has 0 bridgehead atoms. The third kappa shape index (κ3) is 1.62. The van der Waals surface area contributed by atoms with Gasteiger partial charge in [0.15, 0.2) is 11.5 Å². The Kier molecular flexibility index (Phi) is 2.95. The number of aliphatic hydroxyl groups excluding tert-OH is 3. The first kappa shape index (κ1) is 14.8. The van der Waals surface area contributed by atoms with Crippen LogP contribution in [0.1, 0.15) is 12.5 Å². The largest absolute Gasteiger partial charge is 0.396 e. The molecule has 4 rings (SSSR count). The molecule has 2 aliphatic carbocycles. The van der Waals surface area contributed by atoms with Gasteiger partial charge < -0.3 is 30.3 Å². The van der Waals surface area contributed by atoms with Crippen LogP contribution >= 0.6 is 0 Å². The van der Waals surface area contributed by atoms with Crippen molar-refractivity contribution in [3.05, 3.63) is 12.7 Å². The minimum absolute atomic E-state index is 0.148. The second-order valence-electron chi connectivity index (χ2n) is 6.49. The van der Waals surface area contributed by atoms with E-state index in [9.17, 15) is 20.4 Å². The molecule has 0 aromatic carbocycles. The number of nitrogens with one attached hydrogen (secondary N) is 1. The van der Waals surface area contributed by atoms with Crippen molar-refractivity contribution in [1.82, 2.24) is 19.5 Å². The average Bonchev–Trinajstić information content (AvgIpc) is 3.10. The number of imidazole rings is 1. The normalized spacial score (nSPS) is 38.7. The van der Waals surface area contributed by atoms with Crippen LogP contribution in [0.4, 0.5) is 5.82 Å². The molecule has 5 N–H and O–H groups in total. The summed E-state index contributed by atoms with van der Waals surface area (Å²) in [5.74, 6) is 0.411. The summed E-state index contributed by atoms with van der Waals surface area (Å²) in [6.07, 6.45) is 2.30. The second kappa shape index (κ2) is 4.60. The summed E-state index contributed by atoms with van der Waals surface area (Å²) in [5, 5.41) is 43.7. The van der Waals surface area contributed by atoms with Crippen molar-refractivity contribution in [2.45, 2.75) is 24.2 Å². The van der Waals surface area contributed by atoms with Crippen LogP contribution in [0.25, 0.3) is 11.2 Å². The SMILES string of the molecule is CNc1ncnc2c1ncn2[C@@H]1[C@H]2C[C@@]2(CO)[C@@H](O)[C@]1(O)CO. The third-order valence-corrected chi connectivity index (χ3v) is 5.53. The zero-order valence-electron chi connectivity index (χ0n) is 12.6. The summed E-state index contributed by atoms with van der Waals surface area (Å²) >= 11 is 0. The Labute approximate surface area is 131 Å². The maximum absolute atomic E-state index is 10.9. The number of aromatic nitrogens is 4. The number of hydrogen-bond donors (Lipinski definition) is 5. The number of hydrogen-bond acceptors (Lipinski definition) is 8. The van der Waals surface area contributed by atoms with E-state index in [4.69, 9.17) is 0 Å². The summed E-state index contributed by atoms with van der Waals surface area (Å²) in [6.45, 7) is -0.845. The first-order valence-corrected chi connectivity index (χ1v) is 7.51. The molecule has 2 saturated carbocycles. The predicted octanol–water partition coefficient (Wildman–Crippen LogP) is -1.49. The van der Waals surface area contributed by atoms with Crippen molar-refractivity contribution in [2.24, 2.45) is 11.3 Å². The van der Waals surface area contributed by atoms with Gasteiger partial charge in [-0.3, -0.25) is 0 Å². The highest BCUT2D eigenvalue weighted by atomic mass is 16.4. The van der Waals surface area contributed by atoms with Crippen molar-refractivity contribution in [3.8, 4) is 0 Å². The van der Waals surface area contributed by atoms with Gasteiger partial charge in [-0.2, -0.15) is 0 Å². The highest BCUT2D eigenvalue weighted by Crippen LogP contribution is 2.70. The molecule has 5 atom stereocenters. The van der Waals surface area contributed by atoms with Gasteiger partial charge >= 0.3 is 0 Å². The molecule has 2 aliphatic rings. The number of nitrogens with zero attached hydrogens (tertiary/aromatic N) is 4. The molecule has 2 aromatic rings. The lowest BCUT2D eigenvalue weighted by Gasteiger charge is -2.35. The Morgan fingerprint density at radius 2 is 2.09 bits per heavy atom. The summed E-state index contributed by atoms with van der Waals surface area (Å²) < 4.78 is 1.67. The van der Waals surface area contributed by atoms with E-state index in [1.165, 1.54) is 12.7 Å². The monoisotopic (exact) mass is 321 g/mol. The zero-order chi connectivity index (χ0) is 16.4. The van der Waals surface area contributed by atoms with Crippen LogP contribution in [0, 0.1) is 11.3 Å². The van der Waals surface area contributed by atoms with Crippen molar-refractivity contribution in [3.63, 3.8) is 0 Å². The Morgan fingerprint density at radius 3 is 2.74 bits per heavy atom. The molecule has 2 fully saturated rings. The minimum Gasteiger partial charge on any atom is -0.396 e. The van der Waals surface area contributed by atoms with Gasteiger partial charge in [-0.05, 0) is 12.3 Å². The van der Waals surface area contributed by atoms with Crippen LogP contribution < -0.4 is 5.32 Å². The van der Waals surface area contributed by atoms with Gasteiger partial charge in [0.1, 0.15) is 17.4 Å². The van der Waals surface area contributed by atoms with Crippen molar-refractivity contribution in [1.29, 1.82) is 0 Å². The quantitative estimate of drug-likeness (QED) is 0.459. The average molecular weight is 321 g/mol. The molecular formula is C14H19N5O4. The van der Waals surface area contributed by atoms with E-state index in [0.717, 1.165) is 0 Å². The van der Waals surface area contributed by atoms with Gasteiger partial charge in [0.05, 0.1) is 31.7 Å². The van der Waals surface area contributed by atoms with Crippen LogP contribution in [0.3, 0.4) is 0 Å². The molecule has 0 saturated heterocycles. The Hall–Kier alpha value is -1.81. The highest BCUT2D eigenvalue weighted by molar-refractivity contribution is 5.82. The van der Waals surface area contributed by atoms with Gasteiger partial charge in [0, 0.05) is 12.5 Å². The molecule has 2 aromatic heterocycles. The molecule has 23 heavy (non-hydrogen) atoms. The molecule has 0 amide bonds. The Bertz CT molecular complexity index is 767. The van der Waals surface area contributed by atoms with E-state index < -0.39 is 29.8 Å². The lowest BCUT2D eigenvalue weighted by molar-refractivity contribution is -0.136. The predicted molar refractivity (Wildman–Crippen MR) is 79.6 cm³/mol. The molecule has 9 nitrogen and oxygen atoms in total. The fourth-order valence-corrected chi connectivity index (χ4v) is 4.22. The van der Waals surface area contributed by atoms with E-state index >= 15 is 0 Å². The standard InChI is InChI=1S/C14H19N5O4/c1-15-10-8-11(17-5-16-10)19(6-18-8)9-7-2-13(7,3-20)12(22)14(9,23)4-21/h5-7,9,12,20-23H,2-4H2,1H3,(H,15,16,17)/t7-,9-,12-,13+,14+/m1/s1. The molecule has 2 heterocycles. The van der Waals surface area contributed by atoms with Crippen LogP contribution in [-0.2, 0) is 0 Å². The highest BCUT2D eigenvalue weighted by Gasteiger charge is 2.76. The van der Waals surface area contributed by atoms with Crippen LogP contribution in [0.2, 0.25) is 0 Å². The second-order valence-corrected chi connectivity index (χ2v) is 6.49. The lowest BCUT2D eigenvalue weighted by Crippen LogP contribution is -2.52. The molecule has 0 unspecified atom stereocenters. The number of fused-ring (bicyclic) bond motifs is 2. The third-order valence-electron chi connectivity index (χ3n) is 5.53. The fourth-order valence-electron chi connectivity index (χ4n) is 4.22. The summed E-state index contributed by atoms with van der Waals surface area (Å²) in [5.41, 5.74) is -1.46. The van der Waals surface area contributed by atoms with Gasteiger partial charge in [-0.25, -0.2) is 15.0 Å². The van der Waals surface area contributed by atoms with E-state index in [1.54, 1.807) is 11.6 Å². The van der Waals surface area contributed by atoms with Gasteiger partial charge in [0.2, 0.25) is 0 Å². The molecule has 9 heteroatoms.